The number of ether oxygens (including phenoxy) is 1. The van der Waals surface area contributed by atoms with Crippen LogP contribution in [0.25, 0.3) is 10.8 Å². The number of carbonyl (C=O) groups is 1. The van der Waals surface area contributed by atoms with Crippen LogP contribution in [0, 0.1) is 0 Å². The van der Waals surface area contributed by atoms with Crippen LogP contribution in [0.2, 0.25) is 0 Å². The number of carbonyl (C=O) groups excluding carboxylic acids is 1. The number of hydrogen-bond acceptors (Lipinski definition) is 2. The van der Waals surface area contributed by atoms with Gasteiger partial charge in [0.15, 0.2) is 0 Å². The van der Waals surface area contributed by atoms with E-state index in [4.69, 9.17) is 4.74 Å². The molecule has 0 bridgehead atoms. The van der Waals surface area contributed by atoms with Crippen molar-refractivity contribution in [2.45, 2.75) is 31.6 Å². The molecule has 0 saturated carbocycles. The number of fused-ring (bicyclic) bond motifs is 1. The van der Waals surface area contributed by atoms with E-state index in [-0.39, 0.29) is 5.91 Å². The first-order chi connectivity index (χ1) is 13.7. The fourth-order valence-corrected chi connectivity index (χ4v) is 4.24. The summed E-state index contributed by atoms with van der Waals surface area (Å²) < 4.78 is 5.28. The smallest absolute Gasteiger partial charge is 0.227 e. The van der Waals surface area contributed by atoms with E-state index in [1.54, 1.807) is 7.11 Å². The zero-order valence-electron chi connectivity index (χ0n) is 16.4. The molecule has 3 aromatic rings. The Morgan fingerprint density at radius 1 is 1.00 bits per heavy atom. The van der Waals surface area contributed by atoms with Gasteiger partial charge in [0.1, 0.15) is 5.75 Å². The van der Waals surface area contributed by atoms with Crippen molar-refractivity contribution in [3.8, 4) is 5.75 Å². The van der Waals surface area contributed by atoms with Gasteiger partial charge in [-0.2, -0.15) is 0 Å². The van der Waals surface area contributed by atoms with Gasteiger partial charge >= 0.3 is 0 Å². The lowest BCUT2D eigenvalue weighted by Crippen LogP contribution is -2.35. The van der Waals surface area contributed by atoms with Crippen molar-refractivity contribution in [3.05, 3.63) is 77.9 Å². The molecule has 1 unspecified atom stereocenters. The van der Waals surface area contributed by atoms with Crippen LogP contribution in [-0.2, 0) is 11.2 Å². The maximum Gasteiger partial charge on any atom is 0.227 e. The molecular formula is C25H27NO2. The predicted octanol–water partition coefficient (Wildman–Crippen LogP) is 5.19. The van der Waals surface area contributed by atoms with Crippen LogP contribution >= 0.6 is 0 Å². The minimum atomic E-state index is 0.233. The number of hydrogen-bond donors (Lipinski definition) is 0. The van der Waals surface area contributed by atoms with Crippen LogP contribution in [-0.4, -0.2) is 31.0 Å². The van der Waals surface area contributed by atoms with Crippen LogP contribution in [0.5, 0.6) is 5.75 Å². The maximum atomic E-state index is 13.1. The van der Waals surface area contributed by atoms with E-state index in [9.17, 15) is 4.79 Å². The molecule has 1 aliphatic heterocycles. The Bertz CT molecular complexity index is 943. The van der Waals surface area contributed by atoms with E-state index in [1.165, 1.54) is 16.3 Å². The minimum Gasteiger partial charge on any atom is -0.497 e. The highest BCUT2D eigenvalue weighted by atomic mass is 16.5. The molecular weight excluding hydrogens is 346 g/mol. The normalized spacial score (nSPS) is 17.3. The van der Waals surface area contributed by atoms with Gasteiger partial charge in [-0.1, -0.05) is 61.0 Å². The van der Waals surface area contributed by atoms with Gasteiger partial charge in [-0.05, 0) is 46.9 Å². The fourth-order valence-electron chi connectivity index (χ4n) is 4.24. The summed E-state index contributed by atoms with van der Waals surface area (Å²) >= 11 is 0. The average molecular weight is 373 g/mol. The van der Waals surface area contributed by atoms with Crippen molar-refractivity contribution in [1.29, 1.82) is 0 Å². The lowest BCUT2D eigenvalue weighted by Gasteiger charge is -2.25. The molecule has 1 heterocycles. The second-order valence-electron chi connectivity index (χ2n) is 7.62. The van der Waals surface area contributed by atoms with Gasteiger partial charge in [0.25, 0.3) is 0 Å². The summed E-state index contributed by atoms with van der Waals surface area (Å²) in [5.74, 6) is 1.50. The Labute approximate surface area is 166 Å². The third-order valence-electron chi connectivity index (χ3n) is 5.83. The van der Waals surface area contributed by atoms with Crippen molar-refractivity contribution in [1.82, 2.24) is 4.90 Å². The molecule has 1 fully saturated rings. The summed E-state index contributed by atoms with van der Waals surface area (Å²) in [6, 6.07) is 22.9. The summed E-state index contributed by atoms with van der Waals surface area (Å²) in [6.07, 6.45) is 3.84. The summed E-state index contributed by atoms with van der Waals surface area (Å²) in [4.78, 5) is 15.2. The molecule has 1 saturated heterocycles. The Morgan fingerprint density at radius 3 is 2.61 bits per heavy atom. The molecule has 144 valence electrons. The molecule has 0 spiro atoms. The highest BCUT2D eigenvalue weighted by Gasteiger charge is 2.23. The zero-order valence-corrected chi connectivity index (χ0v) is 16.4. The predicted molar refractivity (Wildman–Crippen MR) is 114 cm³/mol. The fraction of sp³-hybridized carbons (Fsp3) is 0.320. The molecule has 3 nitrogen and oxygen atoms in total. The van der Waals surface area contributed by atoms with Gasteiger partial charge in [0.2, 0.25) is 5.91 Å². The van der Waals surface area contributed by atoms with Crippen molar-refractivity contribution < 1.29 is 9.53 Å². The topological polar surface area (TPSA) is 29.5 Å². The number of benzene rings is 3. The third-order valence-corrected chi connectivity index (χ3v) is 5.83. The molecule has 0 aliphatic carbocycles. The summed E-state index contributed by atoms with van der Waals surface area (Å²) in [7, 11) is 1.69. The van der Waals surface area contributed by atoms with Gasteiger partial charge in [0.05, 0.1) is 13.5 Å². The molecule has 3 heteroatoms. The zero-order chi connectivity index (χ0) is 19.3. The summed E-state index contributed by atoms with van der Waals surface area (Å²) in [5, 5.41) is 2.37. The Hall–Kier alpha value is -2.81. The van der Waals surface area contributed by atoms with Crippen molar-refractivity contribution in [2.24, 2.45) is 0 Å². The molecule has 1 aliphatic rings. The van der Waals surface area contributed by atoms with E-state index in [1.807, 2.05) is 30.3 Å². The minimum absolute atomic E-state index is 0.233. The molecule has 1 atom stereocenters. The van der Waals surface area contributed by atoms with Crippen LogP contribution < -0.4 is 4.74 Å². The Balaban J connectivity index is 1.51. The molecule has 1 amide bonds. The van der Waals surface area contributed by atoms with E-state index in [0.29, 0.717) is 12.3 Å². The van der Waals surface area contributed by atoms with Gasteiger partial charge in [-0.3, -0.25) is 4.79 Å². The standard InChI is InChI=1S/C25H27NO2/c1-28-23-14-12-19(13-15-23)22-8-4-5-16-26(18-22)25(27)17-21-10-6-9-20-7-2-3-11-24(20)21/h2-3,6-7,9-15,22H,4-5,8,16-18H2,1H3. The quantitative estimate of drug-likeness (QED) is 0.630. The Kier molecular flexibility index (Phi) is 5.61. The number of likely N-dealkylation sites (tertiary alicyclic amines) is 1. The SMILES string of the molecule is COc1ccc(C2CCCCN(C(=O)Cc3cccc4ccccc34)C2)cc1. The first-order valence-corrected chi connectivity index (χ1v) is 10.1. The van der Waals surface area contributed by atoms with E-state index < -0.39 is 0 Å². The van der Waals surface area contributed by atoms with Gasteiger partial charge in [0, 0.05) is 19.0 Å². The Morgan fingerprint density at radius 2 is 1.79 bits per heavy atom. The van der Waals surface area contributed by atoms with Crippen molar-refractivity contribution >= 4 is 16.7 Å². The number of nitrogens with zero attached hydrogens (tertiary/aromatic N) is 1. The van der Waals surface area contributed by atoms with Crippen LogP contribution in [0.15, 0.2) is 66.7 Å². The van der Waals surface area contributed by atoms with E-state index >= 15 is 0 Å². The van der Waals surface area contributed by atoms with Crippen LogP contribution in [0.3, 0.4) is 0 Å². The number of amides is 1. The van der Waals surface area contributed by atoms with Crippen molar-refractivity contribution in [2.75, 3.05) is 20.2 Å². The van der Waals surface area contributed by atoms with Gasteiger partial charge in [-0.15, -0.1) is 0 Å². The molecule has 4 rings (SSSR count). The lowest BCUT2D eigenvalue weighted by molar-refractivity contribution is -0.130. The maximum absolute atomic E-state index is 13.1. The molecule has 0 radical (unpaired) electrons. The summed E-state index contributed by atoms with van der Waals surface area (Å²) in [6.45, 7) is 1.66. The van der Waals surface area contributed by atoms with Crippen LogP contribution in [0.4, 0.5) is 0 Å². The van der Waals surface area contributed by atoms with Crippen LogP contribution in [0.1, 0.15) is 36.3 Å². The second-order valence-corrected chi connectivity index (χ2v) is 7.62. The van der Waals surface area contributed by atoms with E-state index in [0.717, 1.165) is 43.7 Å². The molecule has 0 N–H and O–H groups in total. The third kappa shape index (κ3) is 4.04. The largest absolute Gasteiger partial charge is 0.497 e. The van der Waals surface area contributed by atoms with Gasteiger partial charge < -0.3 is 9.64 Å². The first-order valence-electron chi connectivity index (χ1n) is 10.1. The highest BCUT2D eigenvalue weighted by molar-refractivity contribution is 5.90. The monoisotopic (exact) mass is 373 g/mol. The lowest BCUT2D eigenvalue weighted by atomic mass is 9.94. The van der Waals surface area contributed by atoms with E-state index in [2.05, 4.69) is 41.3 Å². The second kappa shape index (κ2) is 8.47. The number of rotatable bonds is 4. The summed E-state index contributed by atoms with van der Waals surface area (Å²) in [5.41, 5.74) is 2.42. The number of methoxy groups -OCH3 is 1. The highest BCUT2D eigenvalue weighted by Crippen LogP contribution is 2.28. The van der Waals surface area contributed by atoms with Gasteiger partial charge in [-0.25, -0.2) is 0 Å². The molecule has 3 aromatic carbocycles. The van der Waals surface area contributed by atoms with Crippen molar-refractivity contribution in [3.63, 3.8) is 0 Å². The first kappa shape index (κ1) is 18.5. The average Bonchev–Trinajstić information content (AvgIpc) is 3.01. The molecule has 0 aromatic heterocycles. The molecule has 28 heavy (non-hydrogen) atoms.